The van der Waals surface area contributed by atoms with Crippen LogP contribution in [0.4, 0.5) is 0 Å². The fraction of sp³-hybridized carbons (Fsp3) is 0.636. The molecule has 2 rings (SSSR count). The summed E-state index contributed by atoms with van der Waals surface area (Å²) in [6, 6.07) is 0. The minimum Gasteiger partial charge on any atom is -0.461 e. The first-order valence-electron chi connectivity index (χ1n) is 9.48. The molecule has 25 heavy (non-hydrogen) atoms. The van der Waals surface area contributed by atoms with E-state index in [0.717, 1.165) is 49.5 Å². The van der Waals surface area contributed by atoms with Crippen LogP contribution in [0.5, 0.6) is 0 Å². The molecule has 0 saturated heterocycles. The molecule has 2 bridgehead atoms. The molecule has 0 radical (unpaired) electrons. The molecule has 0 aliphatic heterocycles. The molecule has 0 aromatic carbocycles. The summed E-state index contributed by atoms with van der Waals surface area (Å²) in [5.41, 5.74) is 3.32. The maximum Gasteiger partial charge on any atom is 0.302 e. The minimum atomic E-state index is -0.266. The van der Waals surface area contributed by atoms with Crippen molar-refractivity contribution in [2.45, 2.75) is 65.9 Å². The van der Waals surface area contributed by atoms with Gasteiger partial charge in [-0.15, -0.1) is 0 Å². The van der Waals surface area contributed by atoms with Gasteiger partial charge in [0.25, 0.3) is 0 Å². The summed E-state index contributed by atoms with van der Waals surface area (Å²) < 4.78 is 5.75. The fourth-order valence-electron chi connectivity index (χ4n) is 4.54. The second-order valence-electron chi connectivity index (χ2n) is 7.96. The average molecular weight is 344 g/mol. The third-order valence-corrected chi connectivity index (χ3v) is 5.87. The van der Waals surface area contributed by atoms with Crippen LogP contribution in [0.1, 0.15) is 59.8 Å². The molecule has 0 amide bonds. The van der Waals surface area contributed by atoms with Gasteiger partial charge in [0.2, 0.25) is 0 Å². The SMILES string of the molecule is C=C1CCC(C(C)CCC=C(C)C)C2C(C=O)=CCC1C2OC(C)=O. The summed E-state index contributed by atoms with van der Waals surface area (Å²) in [4.78, 5) is 23.4. The van der Waals surface area contributed by atoms with Crippen molar-refractivity contribution >= 4 is 12.3 Å². The van der Waals surface area contributed by atoms with Crippen molar-refractivity contribution in [1.82, 2.24) is 0 Å². The Balaban J connectivity index is 2.31. The largest absolute Gasteiger partial charge is 0.461 e. The standard InChI is InChI=1S/C22H32O3/c1-14(2)7-6-8-15(3)19-11-9-16(4)20-12-10-18(13-23)21(19)22(20)25-17(5)24/h7,10,13,15,19-22H,4,6,8-9,11-12H2,1-3,5H3. The second-order valence-corrected chi connectivity index (χ2v) is 7.96. The number of aldehydes is 1. The molecule has 1 fully saturated rings. The van der Waals surface area contributed by atoms with Crippen LogP contribution in [0.2, 0.25) is 0 Å². The molecule has 0 N–H and O–H groups in total. The van der Waals surface area contributed by atoms with Crippen LogP contribution in [0.25, 0.3) is 0 Å². The lowest BCUT2D eigenvalue weighted by Crippen LogP contribution is -2.41. The van der Waals surface area contributed by atoms with Gasteiger partial charge in [-0.05, 0) is 63.4 Å². The van der Waals surface area contributed by atoms with Gasteiger partial charge in [0.15, 0.2) is 0 Å². The summed E-state index contributed by atoms with van der Waals surface area (Å²) >= 11 is 0. The first kappa shape index (κ1) is 19.7. The van der Waals surface area contributed by atoms with Crippen molar-refractivity contribution < 1.29 is 14.3 Å². The van der Waals surface area contributed by atoms with E-state index in [1.807, 2.05) is 0 Å². The molecule has 0 heterocycles. The number of allylic oxidation sites excluding steroid dienone is 3. The summed E-state index contributed by atoms with van der Waals surface area (Å²) in [5, 5.41) is 0. The van der Waals surface area contributed by atoms with Crippen molar-refractivity contribution in [3.8, 4) is 0 Å². The van der Waals surface area contributed by atoms with E-state index in [1.54, 1.807) is 0 Å². The molecule has 5 unspecified atom stereocenters. The number of hydrogen-bond donors (Lipinski definition) is 0. The second kappa shape index (κ2) is 8.64. The Bertz CT molecular complexity index is 580. The van der Waals surface area contributed by atoms with E-state index in [0.29, 0.717) is 11.8 Å². The summed E-state index contributed by atoms with van der Waals surface area (Å²) in [6.45, 7) is 12.2. The van der Waals surface area contributed by atoms with Crippen molar-refractivity contribution in [2.24, 2.45) is 23.7 Å². The normalized spacial score (nSPS) is 29.9. The molecule has 0 aromatic heterocycles. The number of fused-ring (bicyclic) bond motifs is 2. The van der Waals surface area contributed by atoms with Gasteiger partial charge in [-0.2, -0.15) is 0 Å². The highest BCUT2D eigenvalue weighted by Crippen LogP contribution is 2.47. The molecule has 2 aliphatic carbocycles. The number of rotatable bonds is 6. The average Bonchev–Trinajstić information content (AvgIpc) is 2.62. The van der Waals surface area contributed by atoms with Crippen molar-refractivity contribution in [2.75, 3.05) is 0 Å². The van der Waals surface area contributed by atoms with Crippen LogP contribution in [0.15, 0.2) is 35.5 Å². The Labute approximate surface area is 152 Å². The Kier molecular flexibility index (Phi) is 6.80. The van der Waals surface area contributed by atoms with Crippen molar-refractivity contribution in [1.29, 1.82) is 0 Å². The molecule has 3 heteroatoms. The van der Waals surface area contributed by atoms with E-state index in [2.05, 4.69) is 39.5 Å². The predicted molar refractivity (Wildman–Crippen MR) is 101 cm³/mol. The number of carbonyl (C=O) groups excluding carboxylic acids is 2. The van der Waals surface area contributed by atoms with Crippen LogP contribution in [-0.2, 0) is 14.3 Å². The topological polar surface area (TPSA) is 43.4 Å². The maximum atomic E-state index is 11.7. The van der Waals surface area contributed by atoms with Gasteiger partial charge in [-0.3, -0.25) is 9.59 Å². The number of carbonyl (C=O) groups is 2. The van der Waals surface area contributed by atoms with Crippen LogP contribution in [0.3, 0.4) is 0 Å². The van der Waals surface area contributed by atoms with Crippen molar-refractivity contribution in [3.63, 3.8) is 0 Å². The highest BCUT2D eigenvalue weighted by atomic mass is 16.5. The minimum absolute atomic E-state index is 0.00102. The highest BCUT2D eigenvalue weighted by molar-refractivity contribution is 5.75. The van der Waals surface area contributed by atoms with Gasteiger partial charge in [0.05, 0.1) is 0 Å². The molecule has 3 nitrogen and oxygen atoms in total. The zero-order valence-electron chi connectivity index (χ0n) is 16.1. The monoisotopic (exact) mass is 344 g/mol. The maximum absolute atomic E-state index is 11.7. The van der Waals surface area contributed by atoms with E-state index < -0.39 is 0 Å². The lowest BCUT2D eigenvalue weighted by atomic mass is 9.68. The first-order valence-corrected chi connectivity index (χ1v) is 9.48. The molecule has 0 spiro atoms. The van der Waals surface area contributed by atoms with Gasteiger partial charge >= 0.3 is 5.97 Å². The lowest BCUT2D eigenvalue weighted by molar-refractivity contribution is -0.153. The lowest BCUT2D eigenvalue weighted by Gasteiger charge is -2.40. The van der Waals surface area contributed by atoms with Crippen LogP contribution in [0, 0.1) is 23.7 Å². The van der Waals surface area contributed by atoms with Crippen LogP contribution in [-0.4, -0.2) is 18.4 Å². The zero-order valence-corrected chi connectivity index (χ0v) is 16.1. The van der Waals surface area contributed by atoms with Gasteiger partial charge in [0.1, 0.15) is 12.4 Å². The molecule has 5 atom stereocenters. The number of esters is 1. The number of ether oxygens (including phenoxy) is 1. The van der Waals surface area contributed by atoms with Gasteiger partial charge in [0, 0.05) is 18.8 Å². The quantitative estimate of drug-likeness (QED) is 0.386. The summed E-state index contributed by atoms with van der Waals surface area (Å²) in [7, 11) is 0. The van der Waals surface area contributed by atoms with Crippen LogP contribution >= 0.6 is 0 Å². The third kappa shape index (κ3) is 4.71. The molecule has 0 aromatic rings. The van der Waals surface area contributed by atoms with Crippen LogP contribution < -0.4 is 0 Å². The first-order chi connectivity index (χ1) is 11.8. The summed E-state index contributed by atoms with van der Waals surface area (Å²) in [5.74, 6) is 0.687. The molecule has 2 aliphatic rings. The Hall–Kier alpha value is -1.64. The predicted octanol–water partition coefficient (Wildman–Crippen LogP) is 5.03. The van der Waals surface area contributed by atoms with E-state index in [9.17, 15) is 9.59 Å². The smallest absolute Gasteiger partial charge is 0.302 e. The molecule has 138 valence electrons. The van der Waals surface area contributed by atoms with Gasteiger partial charge in [-0.1, -0.05) is 36.8 Å². The third-order valence-electron chi connectivity index (χ3n) is 5.87. The molecular weight excluding hydrogens is 312 g/mol. The van der Waals surface area contributed by atoms with Crippen molar-refractivity contribution in [3.05, 3.63) is 35.5 Å². The Morgan fingerprint density at radius 3 is 2.72 bits per heavy atom. The highest BCUT2D eigenvalue weighted by Gasteiger charge is 2.45. The van der Waals surface area contributed by atoms with Gasteiger partial charge < -0.3 is 4.74 Å². The summed E-state index contributed by atoms with van der Waals surface area (Å²) in [6.07, 6.45) is 9.91. The van der Waals surface area contributed by atoms with E-state index in [-0.39, 0.29) is 23.9 Å². The Morgan fingerprint density at radius 2 is 2.12 bits per heavy atom. The van der Waals surface area contributed by atoms with E-state index in [4.69, 9.17) is 4.74 Å². The van der Waals surface area contributed by atoms with E-state index in [1.165, 1.54) is 12.5 Å². The van der Waals surface area contributed by atoms with E-state index >= 15 is 0 Å². The van der Waals surface area contributed by atoms with Gasteiger partial charge in [-0.25, -0.2) is 0 Å². The Morgan fingerprint density at radius 1 is 1.40 bits per heavy atom. The molecule has 1 saturated carbocycles. The fourth-order valence-corrected chi connectivity index (χ4v) is 4.54. The zero-order chi connectivity index (χ0) is 18.6. The number of hydrogen-bond acceptors (Lipinski definition) is 3. The molecular formula is C22H32O3.